The number of rotatable bonds is 4. The van der Waals surface area contributed by atoms with Crippen molar-refractivity contribution < 1.29 is 9.90 Å². The Balaban J connectivity index is 1.75. The molecule has 1 atom stereocenters. The average Bonchev–Trinajstić information content (AvgIpc) is 2.92. The van der Waals surface area contributed by atoms with Crippen molar-refractivity contribution in [1.82, 2.24) is 15.1 Å². The Labute approximate surface area is 124 Å². The van der Waals surface area contributed by atoms with Crippen LogP contribution in [0.1, 0.15) is 24.8 Å². The molecule has 0 bridgehead atoms. The van der Waals surface area contributed by atoms with Crippen LogP contribution in [0.25, 0.3) is 0 Å². The van der Waals surface area contributed by atoms with Crippen LogP contribution in [-0.4, -0.2) is 59.7 Å². The highest BCUT2D eigenvalue weighted by molar-refractivity contribution is 7.10. The molecule has 1 aromatic rings. The van der Waals surface area contributed by atoms with Gasteiger partial charge in [0.15, 0.2) is 0 Å². The number of hydrogen-bond donors (Lipinski definition) is 2. The van der Waals surface area contributed by atoms with E-state index in [4.69, 9.17) is 0 Å². The van der Waals surface area contributed by atoms with Crippen LogP contribution in [0.4, 0.5) is 4.79 Å². The van der Waals surface area contributed by atoms with Gasteiger partial charge in [0.2, 0.25) is 0 Å². The predicted octanol–water partition coefficient (Wildman–Crippen LogP) is 1.52. The molecule has 1 fully saturated rings. The normalized spacial score (nSPS) is 18.3. The van der Waals surface area contributed by atoms with Gasteiger partial charge in [0.1, 0.15) is 6.10 Å². The number of nitrogens with one attached hydrogen (secondary N) is 1. The fourth-order valence-electron chi connectivity index (χ4n) is 2.29. The molecule has 2 rings (SSSR count). The molecule has 0 unspecified atom stereocenters. The lowest BCUT2D eigenvalue weighted by atomic mass is 10.2. The van der Waals surface area contributed by atoms with E-state index < -0.39 is 6.10 Å². The van der Waals surface area contributed by atoms with E-state index in [0.717, 1.165) is 31.1 Å². The summed E-state index contributed by atoms with van der Waals surface area (Å²) >= 11 is 1.58. The van der Waals surface area contributed by atoms with Crippen LogP contribution < -0.4 is 5.32 Å². The maximum absolute atomic E-state index is 11.9. The molecule has 1 aliphatic rings. The second-order valence-electron chi connectivity index (χ2n) is 5.42. The molecule has 1 aromatic heterocycles. The maximum Gasteiger partial charge on any atom is 0.317 e. The van der Waals surface area contributed by atoms with Gasteiger partial charge in [-0.3, -0.25) is 4.90 Å². The second kappa shape index (κ2) is 7.06. The van der Waals surface area contributed by atoms with Gasteiger partial charge in [0, 0.05) is 43.6 Å². The van der Waals surface area contributed by atoms with Gasteiger partial charge < -0.3 is 15.3 Å². The van der Waals surface area contributed by atoms with Crippen LogP contribution >= 0.6 is 11.3 Å². The summed E-state index contributed by atoms with van der Waals surface area (Å²) in [5, 5.41) is 15.0. The summed E-state index contributed by atoms with van der Waals surface area (Å²) in [5.74, 6) is 0. The monoisotopic (exact) mass is 297 g/mol. The number of aliphatic hydroxyl groups excluding tert-OH is 1. The minimum atomic E-state index is -0.425. The van der Waals surface area contributed by atoms with E-state index >= 15 is 0 Å². The number of aliphatic hydroxyl groups is 1. The molecule has 6 heteroatoms. The molecular weight excluding hydrogens is 274 g/mol. The largest absolute Gasteiger partial charge is 0.386 e. The highest BCUT2D eigenvalue weighted by atomic mass is 32.1. The lowest BCUT2D eigenvalue weighted by molar-refractivity contribution is 0.0823. The van der Waals surface area contributed by atoms with Crippen LogP contribution in [0.5, 0.6) is 0 Å². The van der Waals surface area contributed by atoms with Crippen molar-refractivity contribution in [2.75, 3.05) is 32.7 Å². The van der Waals surface area contributed by atoms with E-state index in [1.807, 2.05) is 36.3 Å². The summed E-state index contributed by atoms with van der Waals surface area (Å²) in [4.78, 5) is 16.9. The van der Waals surface area contributed by atoms with E-state index in [9.17, 15) is 9.90 Å². The molecule has 2 heterocycles. The third-order valence-corrected chi connectivity index (χ3v) is 4.35. The summed E-state index contributed by atoms with van der Waals surface area (Å²) in [6.45, 7) is 7.63. The fourth-order valence-corrected chi connectivity index (χ4v) is 2.99. The average molecular weight is 297 g/mol. The molecule has 0 aromatic carbocycles. The number of nitrogens with zero attached hydrogens (tertiary/aromatic N) is 2. The molecule has 0 spiro atoms. The van der Waals surface area contributed by atoms with Gasteiger partial charge in [-0.25, -0.2) is 4.79 Å². The quantitative estimate of drug-likeness (QED) is 0.886. The van der Waals surface area contributed by atoms with Crippen LogP contribution in [0.3, 0.4) is 0 Å². The Bertz CT molecular complexity index is 414. The Morgan fingerprint density at radius 3 is 2.65 bits per heavy atom. The number of thiophene rings is 1. The second-order valence-corrected chi connectivity index (χ2v) is 6.40. The Hall–Kier alpha value is -1.11. The summed E-state index contributed by atoms with van der Waals surface area (Å²) in [6, 6.07) is 4.10. The summed E-state index contributed by atoms with van der Waals surface area (Å²) in [5.41, 5.74) is 0. The molecule has 0 radical (unpaired) electrons. The Morgan fingerprint density at radius 2 is 2.10 bits per heavy atom. The predicted molar refractivity (Wildman–Crippen MR) is 81.0 cm³/mol. The first-order chi connectivity index (χ1) is 9.56. The molecule has 112 valence electrons. The molecule has 1 saturated heterocycles. The van der Waals surface area contributed by atoms with Crippen molar-refractivity contribution in [3.63, 3.8) is 0 Å². The zero-order valence-electron chi connectivity index (χ0n) is 12.1. The number of urea groups is 1. The topological polar surface area (TPSA) is 55.8 Å². The van der Waals surface area contributed by atoms with Crippen molar-refractivity contribution in [2.45, 2.75) is 26.0 Å². The van der Waals surface area contributed by atoms with Crippen molar-refractivity contribution in [1.29, 1.82) is 0 Å². The molecule has 20 heavy (non-hydrogen) atoms. The minimum Gasteiger partial charge on any atom is -0.386 e. The lowest BCUT2D eigenvalue weighted by Crippen LogP contribution is -2.53. The van der Waals surface area contributed by atoms with Gasteiger partial charge in [-0.1, -0.05) is 6.07 Å². The SMILES string of the molecule is CC(C)NC(=O)N1CCN(C[C@H](O)c2cccs2)CC1. The van der Waals surface area contributed by atoms with E-state index in [0.29, 0.717) is 6.54 Å². The van der Waals surface area contributed by atoms with Gasteiger partial charge in [-0.05, 0) is 25.3 Å². The van der Waals surface area contributed by atoms with Gasteiger partial charge in [0.05, 0.1) is 0 Å². The van der Waals surface area contributed by atoms with E-state index in [-0.39, 0.29) is 12.1 Å². The number of piperazine rings is 1. The zero-order chi connectivity index (χ0) is 14.5. The van der Waals surface area contributed by atoms with Crippen molar-refractivity contribution in [3.8, 4) is 0 Å². The van der Waals surface area contributed by atoms with E-state index in [2.05, 4.69) is 10.2 Å². The Kier molecular flexibility index (Phi) is 5.39. The molecule has 5 nitrogen and oxygen atoms in total. The molecule has 1 aliphatic heterocycles. The van der Waals surface area contributed by atoms with Gasteiger partial charge in [0.25, 0.3) is 0 Å². The first kappa shape index (κ1) is 15.3. The molecular formula is C14H23N3O2S. The van der Waals surface area contributed by atoms with Gasteiger partial charge in [-0.2, -0.15) is 0 Å². The third kappa shape index (κ3) is 4.19. The number of β-amino-alcohol motifs (C(OH)–C–C–N with tert-alkyl or cyclic N) is 1. The summed E-state index contributed by atoms with van der Waals surface area (Å²) < 4.78 is 0. The standard InChI is InChI=1S/C14H23N3O2S/c1-11(2)15-14(19)17-7-5-16(6-8-17)10-12(18)13-4-3-9-20-13/h3-4,9,11-12,18H,5-8,10H2,1-2H3,(H,15,19)/t12-/m0/s1. The highest BCUT2D eigenvalue weighted by Gasteiger charge is 2.23. The van der Waals surface area contributed by atoms with Crippen molar-refractivity contribution in [3.05, 3.63) is 22.4 Å². The molecule has 2 N–H and O–H groups in total. The lowest BCUT2D eigenvalue weighted by Gasteiger charge is -2.35. The van der Waals surface area contributed by atoms with E-state index in [1.165, 1.54) is 0 Å². The zero-order valence-corrected chi connectivity index (χ0v) is 12.9. The molecule has 0 saturated carbocycles. The van der Waals surface area contributed by atoms with Gasteiger partial charge >= 0.3 is 6.03 Å². The number of carbonyl (C=O) groups excluding carboxylic acids is 1. The number of hydrogen-bond acceptors (Lipinski definition) is 4. The summed E-state index contributed by atoms with van der Waals surface area (Å²) in [6.07, 6.45) is -0.425. The maximum atomic E-state index is 11.9. The van der Waals surface area contributed by atoms with Crippen LogP contribution in [0.2, 0.25) is 0 Å². The first-order valence-electron chi connectivity index (χ1n) is 7.05. The number of carbonyl (C=O) groups is 1. The van der Waals surface area contributed by atoms with Crippen LogP contribution in [-0.2, 0) is 0 Å². The third-order valence-electron chi connectivity index (χ3n) is 3.37. The van der Waals surface area contributed by atoms with Gasteiger partial charge in [-0.15, -0.1) is 11.3 Å². The van der Waals surface area contributed by atoms with Crippen LogP contribution in [0.15, 0.2) is 17.5 Å². The summed E-state index contributed by atoms with van der Waals surface area (Å²) in [7, 11) is 0. The fraction of sp³-hybridized carbons (Fsp3) is 0.643. The Morgan fingerprint density at radius 1 is 1.40 bits per heavy atom. The van der Waals surface area contributed by atoms with Crippen molar-refractivity contribution in [2.24, 2.45) is 0 Å². The minimum absolute atomic E-state index is 0.0125. The number of amides is 2. The molecule has 0 aliphatic carbocycles. The smallest absolute Gasteiger partial charge is 0.317 e. The first-order valence-corrected chi connectivity index (χ1v) is 7.93. The molecule has 2 amide bonds. The van der Waals surface area contributed by atoms with Crippen molar-refractivity contribution >= 4 is 17.4 Å². The van der Waals surface area contributed by atoms with Crippen LogP contribution in [0, 0.1) is 0 Å². The van der Waals surface area contributed by atoms with E-state index in [1.54, 1.807) is 11.3 Å². The highest BCUT2D eigenvalue weighted by Crippen LogP contribution is 2.20.